The molecule has 0 saturated heterocycles. The largest absolute Gasteiger partial charge is 0.345 e. The van der Waals surface area contributed by atoms with Crippen molar-refractivity contribution in [1.29, 1.82) is 0 Å². The summed E-state index contributed by atoms with van der Waals surface area (Å²) in [6.45, 7) is 0. The standard InChI is InChI=1S/C22H16ClN5O/c23-21-20(28-11-5-4-8-18(28)26-21)22(29)27-19(14-6-2-1-3-7-14)15-9-10-16-17(12-15)25-13-24-16/h1-13,19H,(H,24,25)(H,27,29). The van der Waals surface area contributed by atoms with Gasteiger partial charge in [0.2, 0.25) is 0 Å². The molecular weight excluding hydrogens is 386 g/mol. The van der Waals surface area contributed by atoms with Crippen LogP contribution in [0.3, 0.4) is 0 Å². The molecular formula is C22H16ClN5O. The third-order valence-electron chi connectivity index (χ3n) is 4.89. The number of hydrogen-bond acceptors (Lipinski definition) is 3. The van der Waals surface area contributed by atoms with Gasteiger partial charge in [-0.15, -0.1) is 0 Å². The molecule has 0 radical (unpaired) electrons. The number of nitrogens with zero attached hydrogens (tertiary/aromatic N) is 3. The van der Waals surface area contributed by atoms with Gasteiger partial charge in [-0.25, -0.2) is 9.97 Å². The van der Waals surface area contributed by atoms with Crippen LogP contribution in [0.15, 0.2) is 79.3 Å². The van der Waals surface area contributed by atoms with E-state index in [4.69, 9.17) is 11.6 Å². The fourth-order valence-corrected chi connectivity index (χ4v) is 3.77. The predicted molar refractivity (Wildman–Crippen MR) is 112 cm³/mol. The van der Waals surface area contributed by atoms with Crippen molar-refractivity contribution in [3.05, 3.63) is 101 Å². The van der Waals surface area contributed by atoms with Crippen LogP contribution in [-0.4, -0.2) is 25.3 Å². The summed E-state index contributed by atoms with van der Waals surface area (Å²) >= 11 is 6.30. The highest BCUT2D eigenvalue weighted by Gasteiger charge is 2.23. The van der Waals surface area contributed by atoms with E-state index in [9.17, 15) is 4.79 Å². The number of aromatic amines is 1. The second-order valence-corrected chi connectivity index (χ2v) is 7.03. The van der Waals surface area contributed by atoms with Crippen molar-refractivity contribution < 1.29 is 4.79 Å². The number of pyridine rings is 1. The van der Waals surface area contributed by atoms with Crippen molar-refractivity contribution >= 4 is 34.2 Å². The molecule has 3 heterocycles. The Morgan fingerprint density at radius 3 is 2.72 bits per heavy atom. The normalized spacial score (nSPS) is 12.3. The Balaban J connectivity index is 1.58. The van der Waals surface area contributed by atoms with Crippen LogP contribution in [0.2, 0.25) is 5.15 Å². The van der Waals surface area contributed by atoms with Gasteiger partial charge in [0, 0.05) is 6.20 Å². The fourth-order valence-electron chi connectivity index (χ4n) is 3.51. The molecule has 3 aromatic heterocycles. The number of hydrogen-bond donors (Lipinski definition) is 2. The zero-order valence-electron chi connectivity index (χ0n) is 15.2. The van der Waals surface area contributed by atoms with Crippen molar-refractivity contribution in [2.45, 2.75) is 6.04 Å². The number of imidazole rings is 2. The van der Waals surface area contributed by atoms with Crippen molar-refractivity contribution in [3.63, 3.8) is 0 Å². The van der Waals surface area contributed by atoms with Crippen molar-refractivity contribution in [3.8, 4) is 0 Å². The topological polar surface area (TPSA) is 75.1 Å². The van der Waals surface area contributed by atoms with Gasteiger partial charge in [0.1, 0.15) is 5.65 Å². The van der Waals surface area contributed by atoms with Gasteiger partial charge in [-0.05, 0) is 35.4 Å². The molecule has 0 fully saturated rings. The maximum absolute atomic E-state index is 13.2. The maximum Gasteiger partial charge on any atom is 0.272 e. The van der Waals surface area contributed by atoms with E-state index < -0.39 is 0 Å². The summed E-state index contributed by atoms with van der Waals surface area (Å²) in [5.74, 6) is -0.299. The molecule has 0 bridgehead atoms. The SMILES string of the molecule is O=C(NC(c1ccccc1)c1ccc2nc[nH]c2c1)c1c(Cl)nc2ccccn12. The van der Waals surface area contributed by atoms with E-state index in [0.717, 1.165) is 22.2 Å². The molecule has 6 nitrogen and oxygen atoms in total. The van der Waals surface area contributed by atoms with Crippen molar-refractivity contribution in [1.82, 2.24) is 24.7 Å². The minimum atomic E-state index is -0.360. The lowest BCUT2D eigenvalue weighted by atomic mass is 9.98. The average Bonchev–Trinajstić information content (AvgIpc) is 3.35. The van der Waals surface area contributed by atoms with Crippen LogP contribution in [0.25, 0.3) is 16.7 Å². The molecule has 2 N–H and O–H groups in total. The minimum Gasteiger partial charge on any atom is -0.345 e. The van der Waals surface area contributed by atoms with Gasteiger partial charge in [0.15, 0.2) is 10.8 Å². The summed E-state index contributed by atoms with van der Waals surface area (Å²) in [6, 6.07) is 20.9. The Kier molecular flexibility index (Phi) is 4.26. The van der Waals surface area contributed by atoms with Gasteiger partial charge in [0.05, 0.1) is 23.4 Å². The van der Waals surface area contributed by atoms with E-state index in [0.29, 0.717) is 11.3 Å². The summed E-state index contributed by atoms with van der Waals surface area (Å²) in [5, 5.41) is 3.29. The Morgan fingerprint density at radius 2 is 1.86 bits per heavy atom. The zero-order chi connectivity index (χ0) is 19.8. The summed E-state index contributed by atoms with van der Waals surface area (Å²) in [6.07, 6.45) is 3.43. The number of aromatic nitrogens is 4. The van der Waals surface area contributed by atoms with Gasteiger partial charge in [-0.1, -0.05) is 54.1 Å². The van der Waals surface area contributed by atoms with E-state index in [-0.39, 0.29) is 17.1 Å². The molecule has 0 spiro atoms. The number of benzene rings is 2. The van der Waals surface area contributed by atoms with E-state index in [1.165, 1.54) is 0 Å². The lowest BCUT2D eigenvalue weighted by Gasteiger charge is -2.20. The number of carbonyl (C=O) groups is 1. The first-order valence-electron chi connectivity index (χ1n) is 9.12. The molecule has 0 saturated carbocycles. The molecule has 1 atom stereocenters. The highest BCUT2D eigenvalue weighted by molar-refractivity contribution is 6.32. The third-order valence-corrected chi connectivity index (χ3v) is 5.15. The number of nitrogens with one attached hydrogen (secondary N) is 2. The lowest BCUT2D eigenvalue weighted by molar-refractivity contribution is 0.0937. The monoisotopic (exact) mass is 401 g/mol. The highest BCUT2D eigenvalue weighted by atomic mass is 35.5. The molecule has 5 rings (SSSR count). The van der Waals surface area contributed by atoms with Gasteiger partial charge in [-0.3, -0.25) is 9.20 Å². The number of amides is 1. The molecule has 5 aromatic rings. The molecule has 1 amide bonds. The van der Waals surface area contributed by atoms with E-state index in [2.05, 4.69) is 20.3 Å². The molecule has 7 heteroatoms. The first-order valence-corrected chi connectivity index (χ1v) is 9.50. The molecule has 0 aliphatic carbocycles. The smallest absolute Gasteiger partial charge is 0.272 e. The number of carbonyl (C=O) groups excluding carboxylic acids is 1. The lowest BCUT2D eigenvalue weighted by Crippen LogP contribution is -2.30. The molecule has 29 heavy (non-hydrogen) atoms. The van der Waals surface area contributed by atoms with E-state index in [1.807, 2.05) is 66.7 Å². The zero-order valence-corrected chi connectivity index (χ0v) is 16.0. The Labute approximate surface area is 171 Å². The summed E-state index contributed by atoms with van der Waals surface area (Å²) in [4.78, 5) is 24.9. The average molecular weight is 402 g/mol. The fraction of sp³-hybridized carbons (Fsp3) is 0.0455. The third kappa shape index (κ3) is 3.13. The van der Waals surface area contributed by atoms with Gasteiger partial charge < -0.3 is 10.3 Å². The van der Waals surface area contributed by atoms with Crippen LogP contribution < -0.4 is 5.32 Å². The van der Waals surface area contributed by atoms with Crippen LogP contribution in [0.5, 0.6) is 0 Å². The molecule has 0 aliphatic rings. The summed E-state index contributed by atoms with van der Waals surface area (Å²) in [5.41, 5.74) is 4.61. The first-order chi connectivity index (χ1) is 14.2. The Bertz CT molecular complexity index is 1330. The van der Waals surface area contributed by atoms with Crippen LogP contribution in [0.4, 0.5) is 0 Å². The van der Waals surface area contributed by atoms with Crippen LogP contribution in [0, 0.1) is 0 Å². The van der Waals surface area contributed by atoms with Crippen LogP contribution >= 0.6 is 11.6 Å². The van der Waals surface area contributed by atoms with Crippen LogP contribution in [0.1, 0.15) is 27.7 Å². The molecule has 2 aromatic carbocycles. The van der Waals surface area contributed by atoms with Gasteiger partial charge in [0.25, 0.3) is 5.91 Å². The molecule has 142 valence electrons. The van der Waals surface area contributed by atoms with Gasteiger partial charge in [-0.2, -0.15) is 0 Å². The predicted octanol–water partition coefficient (Wildman–Crippen LogP) is 4.38. The quantitative estimate of drug-likeness (QED) is 0.469. The van der Waals surface area contributed by atoms with Crippen LogP contribution in [-0.2, 0) is 0 Å². The number of fused-ring (bicyclic) bond motifs is 2. The summed E-state index contributed by atoms with van der Waals surface area (Å²) in [7, 11) is 0. The second-order valence-electron chi connectivity index (χ2n) is 6.68. The second kappa shape index (κ2) is 7.07. The van der Waals surface area contributed by atoms with E-state index in [1.54, 1.807) is 16.9 Å². The Morgan fingerprint density at radius 1 is 1.03 bits per heavy atom. The Hall–Kier alpha value is -3.64. The van der Waals surface area contributed by atoms with Crippen molar-refractivity contribution in [2.75, 3.05) is 0 Å². The van der Waals surface area contributed by atoms with Gasteiger partial charge >= 0.3 is 0 Å². The summed E-state index contributed by atoms with van der Waals surface area (Å²) < 4.78 is 1.69. The first kappa shape index (κ1) is 17.5. The molecule has 0 aliphatic heterocycles. The molecule has 1 unspecified atom stereocenters. The number of H-pyrrole nitrogens is 1. The van der Waals surface area contributed by atoms with E-state index >= 15 is 0 Å². The highest BCUT2D eigenvalue weighted by Crippen LogP contribution is 2.26. The maximum atomic E-state index is 13.2. The number of halogens is 1. The van der Waals surface area contributed by atoms with Crippen molar-refractivity contribution in [2.24, 2.45) is 0 Å². The minimum absolute atomic E-state index is 0.171. The number of rotatable bonds is 4.